The fourth-order valence-corrected chi connectivity index (χ4v) is 2.65. The van der Waals surface area contributed by atoms with Crippen LogP contribution in [0.3, 0.4) is 0 Å². The molecule has 1 heterocycles. The lowest BCUT2D eigenvalue weighted by atomic mass is 10.1. The first-order chi connectivity index (χ1) is 8.66. The van der Waals surface area contributed by atoms with Crippen molar-refractivity contribution in [2.45, 2.75) is 12.6 Å². The van der Waals surface area contributed by atoms with E-state index >= 15 is 0 Å². The minimum atomic E-state index is -0.461. The molecule has 1 aromatic rings. The fourth-order valence-electron chi connectivity index (χ4n) is 1.71. The summed E-state index contributed by atoms with van der Waals surface area (Å²) in [7, 11) is 0. The second-order valence-electron chi connectivity index (χ2n) is 4.05. The Morgan fingerprint density at radius 1 is 1.50 bits per heavy atom. The van der Waals surface area contributed by atoms with Gasteiger partial charge in [0.2, 0.25) is 11.8 Å². The first-order valence-electron chi connectivity index (χ1n) is 5.64. The van der Waals surface area contributed by atoms with Crippen molar-refractivity contribution in [2.75, 3.05) is 11.6 Å². The third-order valence-corrected chi connectivity index (χ3v) is 3.65. The van der Waals surface area contributed by atoms with E-state index in [2.05, 4.69) is 10.6 Å². The number of carbonyl (C=O) groups is 2. The predicted molar refractivity (Wildman–Crippen MR) is 71.1 cm³/mol. The van der Waals surface area contributed by atoms with Gasteiger partial charge in [-0.15, -0.1) is 11.8 Å². The van der Waals surface area contributed by atoms with Gasteiger partial charge in [0.25, 0.3) is 0 Å². The molecule has 1 saturated heterocycles. The highest BCUT2D eigenvalue weighted by Crippen LogP contribution is 2.10. The second-order valence-corrected chi connectivity index (χ2v) is 5.08. The smallest absolute Gasteiger partial charge is 0.248 e. The maximum atomic E-state index is 11.8. The van der Waals surface area contributed by atoms with Crippen molar-refractivity contribution in [3.05, 3.63) is 35.4 Å². The molecule has 2 amide bonds. The van der Waals surface area contributed by atoms with Gasteiger partial charge in [-0.3, -0.25) is 14.9 Å². The van der Waals surface area contributed by atoms with Crippen LogP contribution in [0.5, 0.6) is 0 Å². The van der Waals surface area contributed by atoms with E-state index in [4.69, 9.17) is 5.73 Å². The number of nitrogens with one attached hydrogen (secondary N) is 2. The molecule has 1 unspecified atom stereocenters. The van der Waals surface area contributed by atoms with E-state index in [9.17, 15) is 9.59 Å². The molecule has 96 valence electrons. The summed E-state index contributed by atoms with van der Waals surface area (Å²) >= 11 is 1.71. The van der Waals surface area contributed by atoms with Crippen LogP contribution in [-0.4, -0.2) is 29.5 Å². The Morgan fingerprint density at radius 2 is 2.33 bits per heavy atom. The molecule has 0 aliphatic carbocycles. The van der Waals surface area contributed by atoms with Gasteiger partial charge in [-0.05, 0) is 17.7 Å². The van der Waals surface area contributed by atoms with Gasteiger partial charge in [0.05, 0.1) is 6.04 Å². The number of nitrogens with two attached hydrogens (primary N) is 1. The second kappa shape index (κ2) is 5.88. The van der Waals surface area contributed by atoms with Crippen LogP contribution in [0.15, 0.2) is 24.3 Å². The zero-order valence-electron chi connectivity index (χ0n) is 9.81. The zero-order valence-corrected chi connectivity index (χ0v) is 10.6. The molecule has 0 saturated carbocycles. The molecule has 2 rings (SSSR count). The highest BCUT2D eigenvalue weighted by Gasteiger charge is 2.21. The van der Waals surface area contributed by atoms with Gasteiger partial charge in [0, 0.05) is 23.7 Å². The number of primary amides is 1. The van der Waals surface area contributed by atoms with E-state index in [0.29, 0.717) is 12.1 Å². The van der Waals surface area contributed by atoms with Gasteiger partial charge in [0.15, 0.2) is 0 Å². The van der Waals surface area contributed by atoms with Crippen molar-refractivity contribution in [3.8, 4) is 0 Å². The molecule has 6 heteroatoms. The first-order valence-corrected chi connectivity index (χ1v) is 6.80. The molecular weight excluding hydrogens is 250 g/mol. The van der Waals surface area contributed by atoms with Gasteiger partial charge in [-0.1, -0.05) is 12.1 Å². The normalized spacial score (nSPS) is 18.6. The molecule has 0 radical (unpaired) electrons. The summed E-state index contributed by atoms with van der Waals surface area (Å²) in [6.45, 7) is 0.406. The predicted octanol–water partition coefficient (Wildman–Crippen LogP) is 0.0642. The van der Waals surface area contributed by atoms with Gasteiger partial charge in [-0.2, -0.15) is 0 Å². The Morgan fingerprint density at radius 3 is 3.00 bits per heavy atom. The van der Waals surface area contributed by atoms with Crippen LogP contribution >= 0.6 is 11.8 Å². The highest BCUT2D eigenvalue weighted by atomic mass is 32.2. The Labute approximate surface area is 110 Å². The topological polar surface area (TPSA) is 84.2 Å². The lowest BCUT2D eigenvalue weighted by Gasteiger charge is -2.10. The van der Waals surface area contributed by atoms with E-state index in [1.54, 1.807) is 30.0 Å². The van der Waals surface area contributed by atoms with E-state index < -0.39 is 5.91 Å². The standard InChI is InChI=1S/C12H15N3O2S/c13-11(16)9-3-1-2-8(4-9)5-14-12(17)10-6-18-7-15-10/h1-4,10,15H,5-7H2,(H2,13,16)(H,14,17). The van der Waals surface area contributed by atoms with Crippen molar-refractivity contribution in [3.63, 3.8) is 0 Å². The summed E-state index contributed by atoms with van der Waals surface area (Å²) in [5.41, 5.74) is 6.52. The van der Waals surface area contributed by atoms with Crippen molar-refractivity contribution in [1.82, 2.24) is 10.6 Å². The third kappa shape index (κ3) is 3.24. The van der Waals surface area contributed by atoms with Gasteiger partial charge < -0.3 is 11.1 Å². The molecule has 1 atom stereocenters. The Balaban J connectivity index is 1.91. The van der Waals surface area contributed by atoms with E-state index in [1.165, 1.54) is 0 Å². The average Bonchev–Trinajstić information content (AvgIpc) is 2.90. The lowest BCUT2D eigenvalue weighted by Crippen LogP contribution is -2.41. The Kier molecular flexibility index (Phi) is 4.22. The molecule has 4 N–H and O–H groups in total. The average molecular weight is 265 g/mol. The number of rotatable bonds is 4. The van der Waals surface area contributed by atoms with Crippen LogP contribution in [0.2, 0.25) is 0 Å². The van der Waals surface area contributed by atoms with Crippen molar-refractivity contribution in [2.24, 2.45) is 5.73 Å². The van der Waals surface area contributed by atoms with Crippen LogP contribution < -0.4 is 16.4 Å². The molecule has 0 spiro atoms. The van der Waals surface area contributed by atoms with Gasteiger partial charge in [-0.25, -0.2) is 0 Å². The van der Waals surface area contributed by atoms with Crippen LogP contribution in [0.1, 0.15) is 15.9 Å². The molecule has 1 aliphatic rings. The van der Waals surface area contributed by atoms with Crippen molar-refractivity contribution >= 4 is 23.6 Å². The monoisotopic (exact) mass is 265 g/mol. The Hall–Kier alpha value is -1.53. The molecule has 0 aromatic heterocycles. The maximum Gasteiger partial charge on any atom is 0.248 e. The van der Waals surface area contributed by atoms with E-state index in [1.807, 2.05) is 6.07 Å². The number of carbonyl (C=O) groups excluding carboxylic acids is 2. The molecule has 18 heavy (non-hydrogen) atoms. The Bertz CT molecular complexity index is 458. The molecular formula is C12H15N3O2S. The van der Waals surface area contributed by atoms with Crippen LogP contribution in [0.25, 0.3) is 0 Å². The molecule has 5 nitrogen and oxygen atoms in total. The largest absolute Gasteiger partial charge is 0.366 e. The fraction of sp³-hybridized carbons (Fsp3) is 0.333. The summed E-state index contributed by atoms with van der Waals surface area (Å²) < 4.78 is 0. The molecule has 0 bridgehead atoms. The minimum absolute atomic E-state index is 0.00974. The van der Waals surface area contributed by atoms with Crippen LogP contribution in [0, 0.1) is 0 Å². The van der Waals surface area contributed by atoms with E-state index in [0.717, 1.165) is 17.2 Å². The van der Waals surface area contributed by atoms with Gasteiger partial charge >= 0.3 is 0 Å². The molecule has 1 aromatic carbocycles. The highest BCUT2D eigenvalue weighted by molar-refractivity contribution is 7.99. The van der Waals surface area contributed by atoms with E-state index in [-0.39, 0.29) is 11.9 Å². The SMILES string of the molecule is NC(=O)c1cccc(CNC(=O)C2CSCN2)c1. The quantitative estimate of drug-likeness (QED) is 0.719. The third-order valence-electron chi connectivity index (χ3n) is 2.71. The van der Waals surface area contributed by atoms with Crippen molar-refractivity contribution in [1.29, 1.82) is 0 Å². The minimum Gasteiger partial charge on any atom is -0.366 e. The van der Waals surface area contributed by atoms with Crippen LogP contribution in [-0.2, 0) is 11.3 Å². The zero-order chi connectivity index (χ0) is 13.0. The first kappa shape index (κ1) is 12.9. The number of benzene rings is 1. The molecule has 1 fully saturated rings. The maximum absolute atomic E-state index is 11.8. The van der Waals surface area contributed by atoms with Gasteiger partial charge in [0.1, 0.15) is 0 Å². The lowest BCUT2D eigenvalue weighted by molar-refractivity contribution is -0.122. The van der Waals surface area contributed by atoms with Crippen LogP contribution in [0.4, 0.5) is 0 Å². The summed E-state index contributed by atoms with van der Waals surface area (Å²) in [6, 6.07) is 6.84. The number of thioether (sulfide) groups is 1. The summed E-state index contributed by atoms with van der Waals surface area (Å²) in [5.74, 6) is 1.14. The molecule has 1 aliphatic heterocycles. The number of hydrogen-bond donors (Lipinski definition) is 3. The number of amides is 2. The summed E-state index contributed by atoms with van der Waals surface area (Å²) in [6.07, 6.45) is 0. The van der Waals surface area contributed by atoms with Crippen molar-refractivity contribution < 1.29 is 9.59 Å². The summed E-state index contributed by atoms with van der Waals surface area (Å²) in [4.78, 5) is 22.8. The summed E-state index contributed by atoms with van der Waals surface area (Å²) in [5, 5.41) is 5.94. The number of hydrogen-bond acceptors (Lipinski definition) is 4.